The number of hydrogen-bond acceptors (Lipinski definition) is 4. The molecule has 2 aromatic rings. The van der Waals surface area contributed by atoms with Crippen LogP contribution in [0.1, 0.15) is 35.0 Å². The molecule has 1 N–H and O–H groups in total. The number of nitrogens with one attached hydrogen (secondary N) is 1. The van der Waals surface area contributed by atoms with Crippen molar-refractivity contribution in [1.82, 2.24) is 9.97 Å². The number of hydrogen-bond donors (Lipinski definition) is 1. The Morgan fingerprint density at radius 3 is 2.30 bits per heavy atom. The molecule has 0 aliphatic heterocycles. The van der Waals surface area contributed by atoms with E-state index < -0.39 is 0 Å². The maximum atomic E-state index is 4.39. The molecule has 0 saturated carbocycles. The first-order valence-corrected chi connectivity index (χ1v) is 6.66. The molecule has 20 heavy (non-hydrogen) atoms. The van der Waals surface area contributed by atoms with Gasteiger partial charge in [-0.25, -0.2) is 15.4 Å². The van der Waals surface area contributed by atoms with Gasteiger partial charge in [0.05, 0.1) is 5.71 Å². The summed E-state index contributed by atoms with van der Waals surface area (Å²) < 4.78 is 0. The maximum Gasteiger partial charge on any atom is 0.243 e. The molecule has 0 spiro atoms. The predicted molar refractivity (Wildman–Crippen MR) is 83.3 cm³/mol. The van der Waals surface area contributed by atoms with Crippen molar-refractivity contribution >= 4 is 11.7 Å². The van der Waals surface area contributed by atoms with Crippen LogP contribution in [0, 0.1) is 27.7 Å². The van der Waals surface area contributed by atoms with Crippen molar-refractivity contribution in [3.05, 3.63) is 52.3 Å². The molecule has 0 aliphatic rings. The third-order valence-corrected chi connectivity index (χ3v) is 3.09. The van der Waals surface area contributed by atoms with Crippen molar-refractivity contribution in [3.8, 4) is 0 Å². The van der Waals surface area contributed by atoms with Crippen LogP contribution in [0.3, 0.4) is 0 Å². The first kappa shape index (κ1) is 14.2. The van der Waals surface area contributed by atoms with Gasteiger partial charge in [0.1, 0.15) is 0 Å². The van der Waals surface area contributed by atoms with E-state index in [1.54, 1.807) is 0 Å². The van der Waals surface area contributed by atoms with Crippen LogP contribution in [0.5, 0.6) is 0 Å². The van der Waals surface area contributed by atoms with Crippen molar-refractivity contribution in [3.63, 3.8) is 0 Å². The minimum atomic E-state index is 0.534. The van der Waals surface area contributed by atoms with Gasteiger partial charge in [0.25, 0.3) is 0 Å². The van der Waals surface area contributed by atoms with Gasteiger partial charge in [0, 0.05) is 17.0 Å². The molecule has 0 saturated heterocycles. The molecule has 0 atom stereocenters. The minimum Gasteiger partial charge on any atom is -0.245 e. The van der Waals surface area contributed by atoms with Gasteiger partial charge in [-0.3, -0.25) is 0 Å². The third-order valence-electron chi connectivity index (χ3n) is 3.09. The molecule has 0 radical (unpaired) electrons. The number of nitrogens with zero attached hydrogens (tertiary/aromatic N) is 3. The summed E-state index contributed by atoms with van der Waals surface area (Å²) in [6.07, 6.45) is 0. The molecule has 0 fully saturated rings. The third kappa shape index (κ3) is 3.41. The van der Waals surface area contributed by atoms with Gasteiger partial charge in [-0.2, -0.15) is 5.10 Å². The number of hydrazone groups is 1. The molecule has 4 heteroatoms. The molecule has 0 aliphatic carbocycles. The Bertz CT molecular complexity index is 639. The Morgan fingerprint density at radius 2 is 1.65 bits per heavy atom. The van der Waals surface area contributed by atoms with E-state index in [1.807, 2.05) is 26.8 Å². The second-order valence-corrected chi connectivity index (χ2v) is 5.10. The Kier molecular flexibility index (Phi) is 4.13. The zero-order valence-corrected chi connectivity index (χ0v) is 12.7. The molecule has 0 bridgehead atoms. The molecule has 1 aromatic heterocycles. The largest absolute Gasteiger partial charge is 0.245 e. The first-order chi connectivity index (χ1) is 9.45. The highest BCUT2D eigenvalue weighted by atomic mass is 15.4. The van der Waals surface area contributed by atoms with E-state index in [0.717, 1.165) is 22.7 Å². The van der Waals surface area contributed by atoms with Gasteiger partial charge in [-0.05, 0) is 52.3 Å². The number of rotatable bonds is 3. The highest BCUT2D eigenvalue weighted by Gasteiger charge is 2.03. The van der Waals surface area contributed by atoms with E-state index in [9.17, 15) is 0 Å². The van der Waals surface area contributed by atoms with Crippen LogP contribution in [-0.4, -0.2) is 15.7 Å². The number of anilines is 1. The highest BCUT2D eigenvalue weighted by molar-refractivity contribution is 6.00. The average Bonchev–Trinajstić information content (AvgIpc) is 2.38. The van der Waals surface area contributed by atoms with Crippen LogP contribution in [0.2, 0.25) is 0 Å². The summed E-state index contributed by atoms with van der Waals surface area (Å²) in [5.74, 6) is 0.534. The molecule has 1 heterocycles. The Labute approximate surface area is 120 Å². The summed E-state index contributed by atoms with van der Waals surface area (Å²) in [7, 11) is 0. The molecule has 0 amide bonds. The minimum absolute atomic E-state index is 0.534. The zero-order valence-electron chi connectivity index (χ0n) is 12.7. The van der Waals surface area contributed by atoms with Crippen LogP contribution >= 0.6 is 0 Å². The molecule has 1 aromatic carbocycles. The van der Waals surface area contributed by atoms with Crippen LogP contribution in [-0.2, 0) is 0 Å². The number of aryl methyl sites for hydroxylation is 4. The lowest BCUT2D eigenvalue weighted by Gasteiger charge is -2.07. The maximum absolute atomic E-state index is 4.39. The standard InChI is InChI=1S/C16H20N4/c1-10-6-7-11(2)15(8-10)14(5)19-20-16-17-12(3)9-13(4)18-16/h6-9H,1-5H3,(H,17,18,20)/b19-14-. The molecule has 4 nitrogen and oxygen atoms in total. The second kappa shape index (κ2) is 5.82. The average molecular weight is 268 g/mol. The molecular weight excluding hydrogens is 248 g/mol. The van der Waals surface area contributed by atoms with Gasteiger partial charge in [-0.1, -0.05) is 17.7 Å². The summed E-state index contributed by atoms with van der Waals surface area (Å²) in [6, 6.07) is 8.29. The number of benzene rings is 1. The number of aromatic nitrogens is 2. The Morgan fingerprint density at radius 1 is 1.00 bits per heavy atom. The fraction of sp³-hybridized carbons (Fsp3) is 0.312. The van der Waals surface area contributed by atoms with Crippen molar-refractivity contribution in [2.75, 3.05) is 5.43 Å². The van der Waals surface area contributed by atoms with E-state index in [-0.39, 0.29) is 0 Å². The molecule has 104 valence electrons. The van der Waals surface area contributed by atoms with E-state index in [0.29, 0.717) is 5.95 Å². The molecular formula is C16H20N4. The summed E-state index contributed by atoms with van der Waals surface area (Å²) in [4.78, 5) is 8.62. The zero-order chi connectivity index (χ0) is 14.7. The molecule has 2 rings (SSSR count). The van der Waals surface area contributed by atoms with E-state index in [1.165, 1.54) is 11.1 Å². The summed E-state index contributed by atoms with van der Waals surface area (Å²) in [6.45, 7) is 10.0. The van der Waals surface area contributed by atoms with E-state index in [4.69, 9.17) is 0 Å². The molecule has 0 unspecified atom stereocenters. The highest BCUT2D eigenvalue weighted by Crippen LogP contribution is 2.12. The van der Waals surface area contributed by atoms with Crippen molar-refractivity contribution < 1.29 is 0 Å². The Balaban J connectivity index is 2.24. The lowest BCUT2D eigenvalue weighted by molar-refractivity contribution is 1.03. The van der Waals surface area contributed by atoms with E-state index >= 15 is 0 Å². The van der Waals surface area contributed by atoms with Gasteiger partial charge >= 0.3 is 0 Å². The van der Waals surface area contributed by atoms with Gasteiger partial charge in [-0.15, -0.1) is 0 Å². The first-order valence-electron chi connectivity index (χ1n) is 6.66. The van der Waals surface area contributed by atoms with E-state index in [2.05, 4.69) is 52.5 Å². The second-order valence-electron chi connectivity index (χ2n) is 5.10. The van der Waals surface area contributed by atoms with Crippen LogP contribution in [0.15, 0.2) is 29.4 Å². The SMILES string of the molecule is C/C(=N/Nc1nc(C)cc(C)n1)c1cc(C)ccc1C. The summed E-state index contributed by atoms with van der Waals surface area (Å²) in [5, 5.41) is 4.39. The predicted octanol–water partition coefficient (Wildman–Crippen LogP) is 3.55. The fourth-order valence-electron chi connectivity index (χ4n) is 2.10. The van der Waals surface area contributed by atoms with Crippen LogP contribution < -0.4 is 5.43 Å². The lowest BCUT2D eigenvalue weighted by Crippen LogP contribution is -2.05. The summed E-state index contributed by atoms with van der Waals surface area (Å²) in [5.41, 5.74) is 9.30. The van der Waals surface area contributed by atoms with Crippen LogP contribution in [0.25, 0.3) is 0 Å². The fourth-order valence-corrected chi connectivity index (χ4v) is 2.10. The van der Waals surface area contributed by atoms with Gasteiger partial charge < -0.3 is 0 Å². The van der Waals surface area contributed by atoms with Gasteiger partial charge in [0.15, 0.2) is 0 Å². The van der Waals surface area contributed by atoms with Crippen molar-refractivity contribution in [1.29, 1.82) is 0 Å². The Hall–Kier alpha value is -2.23. The normalized spacial score (nSPS) is 11.6. The van der Waals surface area contributed by atoms with Crippen LogP contribution in [0.4, 0.5) is 5.95 Å². The summed E-state index contributed by atoms with van der Waals surface area (Å²) >= 11 is 0. The quantitative estimate of drug-likeness (QED) is 0.684. The van der Waals surface area contributed by atoms with Gasteiger partial charge in [0.2, 0.25) is 5.95 Å². The monoisotopic (exact) mass is 268 g/mol. The smallest absolute Gasteiger partial charge is 0.243 e. The lowest BCUT2D eigenvalue weighted by atomic mass is 10.0. The van der Waals surface area contributed by atoms with Crippen molar-refractivity contribution in [2.24, 2.45) is 5.10 Å². The van der Waals surface area contributed by atoms with Crippen molar-refractivity contribution in [2.45, 2.75) is 34.6 Å². The topological polar surface area (TPSA) is 50.2 Å².